The fraction of sp³-hybridized carbons (Fsp3) is 0.400. The monoisotopic (exact) mass is 295 g/mol. The molecule has 6 heteroatoms. The molecule has 0 radical (unpaired) electrons. The van der Waals surface area contributed by atoms with Gasteiger partial charge in [-0.2, -0.15) is 0 Å². The Hall–Kier alpha value is -1.79. The lowest BCUT2D eigenvalue weighted by molar-refractivity contribution is 0.142. The number of hydrogen-bond acceptors (Lipinski definition) is 3. The highest BCUT2D eigenvalue weighted by Gasteiger charge is 2.16. The van der Waals surface area contributed by atoms with Crippen molar-refractivity contribution < 1.29 is 13.9 Å². The summed E-state index contributed by atoms with van der Waals surface area (Å²) in [6, 6.07) is 3.84. The van der Waals surface area contributed by atoms with Crippen molar-refractivity contribution in [3.05, 3.63) is 53.6 Å². The van der Waals surface area contributed by atoms with E-state index in [0.717, 1.165) is 11.9 Å². The van der Waals surface area contributed by atoms with Crippen LogP contribution >= 0.6 is 0 Å². The van der Waals surface area contributed by atoms with Crippen LogP contribution in [-0.2, 0) is 13.6 Å². The summed E-state index contributed by atoms with van der Waals surface area (Å²) in [5.41, 5.74) is 0.000363. The Labute approximate surface area is 122 Å². The summed E-state index contributed by atoms with van der Waals surface area (Å²) in [6.07, 6.45) is 2.88. The molecular weight excluding hydrogens is 276 g/mol. The van der Waals surface area contributed by atoms with Crippen LogP contribution in [0.1, 0.15) is 23.9 Å². The van der Waals surface area contributed by atoms with Crippen molar-refractivity contribution in [3.8, 4) is 0 Å². The van der Waals surface area contributed by atoms with Crippen LogP contribution in [0.5, 0.6) is 0 Å². The number of rotatable bonds is 6. The number of aromatic nitrogens is 2. The fourth-order valence-electron chi connectivity index (χ4n) is 2.15. The van der Waals surface area contributed by atoms with Crippen molar-refractivity contribution in [1.82, 2.24) is 14.5 Å². The van der Waals surface area contributed by atoms with Gasteiger partial charge in [0, 0.05) is 31.5 Å². The van der Waals surface area contributed by atoms with Crippen LogP contribution in [0.2, 0.25) is 0 Å². The average Bonchev–Trinajstić information content (AvgIpc) is 2.84. The molecule has 114 valence electrons. The minimum Gasteiger partial charge on any atom is -0.388 e. The summed E-state index contributed by atoms with van der Waals surface area (Å²) in [4.78, 5) is 6.19. The van der Waals surface area contributed by atoms with Crippen LogP contribution in [0, 0.1) is 11.6 Å². The molecule has 0 saturated carbocycles. The number of nitrogens with zero attached hydrogens (tertiary/aromatic N) is 3. The van der Waals surface area contributed by atoms with Gasteiger partial charge < -0.3 is 9.67 Å². The van der Waals surface area contributed by atoms with Gasteiger partial charge in [-0.3, -0.25) is 4.90 Å². The van der Waals surface area contributed by atoms with E-state index in [-0.39, 0.29) is 5.56 Å². The minimum absolute atomic E-state index is 0.000363. The summed E-state index contributed by atoms with van der Waals surface area (Å²) >= 11 is 0. The van der Waals surface area contributed by atoms with E-state index in [0.29, 0.717) is 19.5 Å². The summed E-state index contributed by atoms with van der Waals surface area (Å²) in [6.45, 7) is 1.17. The zero-order valence-electron chi connectivity index (χ0n) is 12.1. The first-order chi connectivity index (χ1) is 9.99. The number of benzene rings is 1. The predicted molar refractivity (Wildman–Crippen MR) is 75.5 cm³/mol. The number of halogens is 2. The lowest BCUT2D eigenvalue weighted by Gasteiger charge is -2.19. The maximum Gasteiger partial charge on any atom is 0.164 e. The Morgan fingerprint density at radius 3 is 2.81 bits per heavy atom. The molecule has 0 aliphatic carbocycles. The first-order valence-corrected chi connectivity index (χ1v) is 6.75. The van der Waals surface area contributed by atoms with Gasteiger partial charge in [-0.05, 0) is 19.5 Å². The van der Waals surface area contributed by atoms with E-state index in [9.17, 15) is 13.9 Å². The van der Waals surface area contributed by atoms with Gasteiger partial charge in [-0.25, -0.2) is 13.8 Å². The molecule has 0 saturated heterocycles. The summed E-state index contributed by atoms with van der Waals surface area (Å²) in [5.74, 6) is -1.01. The van der Waals surface area contributed by atoms with Crippen molar-refractivity contribution in [2.24, 2.45) is 7.05 Å². The Kier molecular flexibility index (Phi) is 5.03. The molecular formula is C15H19F2N3O. The number of aliphatic hydroxyl groups is 1. The van der Waals surface area contributed by atoms with Crippen LogP contribution in [0.25, 0.3) is 0 Å². The van der Waals surface area contributed by atoms with Crippen LogP contribution < -0.4 is 0 Å². The lowest BCUT2D eigenvalue weighted by Crippen LogP contribution is -2.23. The summed E-state index contributed by atoms with van der Waals surface area (Å²) < 4.78 is 28.6. The van der Waals surface area contributed by atoms with E-state index in [1.165, 1.54) is 12.1 Å². The number of imidazole rings is 1. The van der Waals surface area contributed by atoms with Gasteiger partial charge in [0.05, 0.1) is 12.6 Å². The number of hydrogen-bond donors (Lipinski definition) is 1. The smallest absolute Gasteiger partial charge is 0.164 e. The molecule has 0 bridgehead atoms. The van der Waals surface area contributed by atoms with Gasteiger partial charge in [-0.1, -0.05) is 12.1 Å². The Bertz CT molecular complexity index is 600. The van der Waals surface area contributed by atoms with Crippen molar-refractivity contribution in [2.75, 3.05) is 13.6 Å². The Balaban J connectivity index is 1.90. The highest BCUT2D eigenvalue weighted by molar-refractivity contribution is 5.21. The SMILES string of the molecule is CN(CCC(O)c1cccc(F)c1F)Cc1nccn1C. The van der Waals surface area contributed by atoms with Gasteiger partial charge in [0.1, 0.15) is 5.82 Å². The largest absolute Gasteiger partial charge is 0.388 e. The van der Waals surface area contributed by atoms with Gasteiger partial charge in [0.15, 0.2) is 11.6 Å². The molecule has 1 heterocycles. The second kappa shape index (κ2) is 6.78. The molecule has 2 aromatic rings. The molecule has 2 rings (SSSR count). The first-order valence-electron chi connectivity index (χ1n) is 6.75. The van der Waals surface area contributed by atoms with Crippen molar-refractivity contribution in [3.63, 3.8) is 0 Å². The Morgan fingerprint density at radius 1 is 1.38 bits per heavy atom. The maximum absolute atomic E-state index is 13.6. The fourth-order valence-corrected chi connectivity index (χ4v) is 2.15. The highest BCUT2D eigenvalue weighted by Crippen LogP contribution is 2.22. The third kappa shape index (κ3) is 3.86. The number of aryl methyl sites for hydroxylation is 1. The van der Waals surface area contributed by atoms with Crippen LogP contribution in [0.15, 0.2) is 30.6 Å². The average molecular weight is 295 g/mol. The van der Waals surface area contributed by atoms with Crippen molar-refractivity contribution in [1.29, 1.82) is 0 Å². The van der Waals surface area contributed by atoms with E-state index < -0.39 is 17.7 Å². The van der Waals surface area contributed by atoms with Crippen LogP contribution in [0.3, 0.4) is 0 Å². The van der Waals surface area contributed by atoms with E-state index >= 15 is 0 Å². The molecule has 0 spiro atoms. The lowest BCUT2D eigenvalue weighted by atomic mass is 10.1. The van der Waals surface area contributed by atoms with Crippen LogP contribution in [0.4, 0.5) is 8.78 Å². The zero-order valence-corrected chi connectivity index (χ0v) is 12.1. The molecule has 21 heavy (non-hydrogen) atoms. The molecule has 1 aromatic carbocycles. The molecule has 0 fully saturated rings. The summed E-state index contributed by atoms with van der Waals surface area (Å²) in [5, 5.41) is 10.0. The topological polar surface area (TPSA) is 41.3 Å². The van der Waals surface area contributed by atoms with Crippen LogP contribution in [-0.4, -0.2) is 33.1 Å². The minimum atomic E-state index is -1.02. The first kappa shape index (κ1) is 15.6. The van der Waals surface area contributed by atoms with Gasteiger partial charge in [-0.15, -0.1) is 0 Å². The van der Waals surface area contributed by atoms with E-state index in [4.69, 9.17) is 0 Å². The maximum atomic E-state index is 13.6. The summed E-state index contributed by atoms with van der Waals surface area (Å²) in [7, 11) is 3.80. The standard InChI is InChI=1S/C15H19F2N3O/c1-19(10-14-18-7-9-20(14)2)8-6-13(21)11-4-3-5-12(16)15(11)17/h3-5,7,9,13,21H,6,8,10H2,1-2H3. The quantitative estimate of drug-likeness (QED) is 0.888. The molecule has 1 aromatic heterocycles. The van der Waals surface area contributed by atoms with Crippen molar-refractivity contribution in [2.45, 2.75) is 19.1 Å². The molecule has 0 aliphatic rings. The molecule has 1 N–H and O–H groups in total. The normalized spacial score (nSPS) is 12.9. The predicted octanol–water partition coefficient (Wildman–Crippen LogP) is 2.25. The third-order valence-electron chi connectivity index (χ3n) is 3.46. The third-order valence-corrected chi connectivity index (χ3v) is 3.46. The van der Waals surface area contributed by atoms with Crippen molar-refractivity contribution >= 4 is 0 Å². The molecule has 4 nitrogen and oxygen atoms in total. The van der Waals surface area contributed by atoms with Gasteiger partial charge in [0.2, 0.25) is 0 Å². The molecule has 0 aliphatic heterocycles. The van der Waals surface area contributed by atoms with E-state index in [1.807, 2.05) is 29.8 Å². The van der Waals surface area contributed by atoms with E-state index in [2.05, 4.69) is 4.98 Å². The molecule has 1 atom stereocenters. The zero-order chi connectivity index (χ0) is 15.4. The highest BCUT2D eigenvalue weighted by atomic mass is 19.2. The van der Waals surface area contributed by atoms with E-state index in [1.54, 1.807) is 6.20 Å². The number of aliphatic hydroxyl groups excluding tert-OH is 1. The van der Waals surface area contributed by atoms with Gasteiger partial charge in [0.25, 0.3) is 0 Å². The molecule has 1 unspecified atom stereocenters. The Morgan fingerprint density at radius 2 is 2.14 bits per heavy atom. The molecule has 0 amide bonds. The second-order valence-electron chi connectivity index (χ2n) is 5.14. The second-order valence-corrected chi connectivity index (χ2v) is 5.14. The van der Waals surface area contributed by atoms with Gasteiger partial charge >= 0.3 is 0 Å².